The van der Waals surface area contributed by atoms with Gasteiger partial charge in [-0.25, -0.2) is 15.0 Å². The standard InChI is InChI=1S/C13H13N3O/c1-10-5-3-6-11(13(10)17-2)16-9-12-14-7-4-8-15-12/h3-9H,1-2H3. The van der Waals surface area contributed by atoms with E-state index < -0.39 is 0 Å². The number of methoxy groups -OCH3 is 1. The molecule has 0 aliphatic carbocycles. The number of aryl methyl sites for hydroxylation is 1. The summed E-state index contributed by atoms with van der Waals surface area (Å²) in [6.07, 6.45) is 4.99. The van der Waals surface area contributed by atoms with Crippen LogP contribution >= 0.6 is 0 Å². The Bertz CT molecular complexity index is 523. The highest BCUT2D eigenvalue weighted by molar-refractivity contribution is 5.78. The van der Waals surface area contributed by atoms with Crippen LogP contribution in [-0.2, 0) is 0 Å². The lowest BCUT2D eigenvalue weighted by molar-refractivity contribution is 0.413. The van der Waals surface area contributed by atoms with Crippen molar-refractivity contribution in [2.75, 3.05) is 7.11 Å². The van der Waals surface area contributed by atoms with E-state index >= 15 is 0 Å². The third-order valence-corrected chi connectivity index (χ3v) is 2.30. The third kappa shape index (κ3) is 2.66. The lowest BCUT2D eigenvalue weighted by Crippen LogP contribution is -1.91. The van der Waals surface area contributed by atoms with Crippen molar-refractivity contribution in [2.24, 2.45) is 4.99 Å². The zero-order chi connectivity index (χ0) is 12.1. The average molecular weight is 227 g/mol. The summed E-state index contributed by atoms with van der Waals surface area (Å²) in [6, 6.07) is 7.59. The number of para-hydroxylation sites is 1. The van der Waals surface area contributed by atoms with Crippen LogP contribution in [0, 0.1) is 6.92 Å². The molecule has 86 valence electrons. The maximum absolute atomic E-state index is 5.31. The maximum atomic E-state index is 5.31. The van der Waals surface area contributed by atoms with Crippen molar-refractivity contribution in [3.8, 4) is 5.75 Å². The second-order valence-electron chi connectivity index (χ2n) is 3.49. The molecule has 1 aromatic carbocycles. The minimum Gasteiger partial charge on any atom is -0.494 e. The molecule has 0 radical (unpaired) electrons. The van der Waals surface area contributed by atoms with Crippen LogP contribution in [0.5, 0.6) is 5.75 Å². The Morgan fingerprint density at radius 3 is 2.65 bits per heavy atom. The van der Waals surface area contributed by atoms with Crippen LogP contribution < -0.4 is 4.74 Å². The fraction of sp³-hybridized carbons (Fsp3) is 0.154. The summed E-state index contributed by atoms with van der Waals surface area (Å²) in [6.45, 7) is 1.98. The smallest absolute Gasteiger partial charge is 0.170 e. The van der Waals surface area contributed by atoms with Gasteiger partial charge < -0.3 is 4.74 Å². The fourth-order valence-electron chi connectivity index (χ4n) is 1.51. The Labute approximate surface area is 100 Å². The zero-order valence-electron chi connectivity index (χ0n) is 9.79. The van der Waals surface area contributed by atoms with E-state index in [9.17, 15) is 0 Å². The minimum absolute atomic E-state index is 0.580. The van der Waals surface area contributed by atoms with Crippen molar-refractivity contribution >= 4 is 11.9 Å². The van der Waals surface area contributed by atoms with Crippen LogP contribution in [0.3, 0.4) is 0 Å². The van der Waals surface area contributed by atoms with E-state index in [-0.39, 0.29) is 0 Å². The first-order valence-corrected chi connectivity index (χ1v) is 5.26. The van der Waals surface area contributed by atoms with E-state index in [0.29, 0.717) is 5.82 Å². The SMILES string of the molecule is COc1c(C)cccc1N=Cc1ncccn1. The predicted molar refractivity (Wildman–Crippen MR) is 67.0 cm³/mol. The van der Waals surface area contributed by atoms with Gasteiger partial charge in [0.25, 0.3) is 0 Å². The topological polar surface area (TPSA) is 47.4 Å². The normalized spacial score (nSPS) is 10.7. The monoisotopic (exact) mass is 227 g/mol. The summed E-state index contributed by atoms with van der Waals surface area (Å²) in [4.78, 5) is 12.5. The van der Waals surface area contributed by atoms with Crippen molar-refractivity contribution in [2.45, 2.75) is 6.92 Å². The predicted octanol–water partition coefficient (Wildman–Crippen LogP) is 2.54. The summed E-state index contributed by atoms with van der Waals surface area (Å²) in [5, 5.41) is 0. The minimum atomic E-state index is 0.580. The molecule has 1 heterocycles. The molecule has 0 spiro atoms. The van der Waals surface area contributed by atoms with Crippen molar-refractivity contribution in [1.29, 1.82) is 0 Å². The van der Waals surface area contributed by atoms with Crippen LogP contribution in [0.15, 0.2) is 41.7 Å². The Morgan fingerprint density at radius 1 is 1.18 bits per heavy atom. The first-order valence-electron chi connectivity index (χ1n) is 5.26. The number of benzene rings is 1. The molecule has 0 bridgehead atoms. The second-order valence-corrected chi connectivity index (χ2v) is 3.49. The molecule has 0 atom stereocenters. The van der Waals surface area contributed by atoms with Crippen molar-refractivity contribution in [3.05, 3.63) is 48.0 Å². The van der Waals surface area contributed by atoms with Crippen LogP contribution in [0.25, 0.3) is 0 Å². The first kappa shape index (κ1) is 11.3. The largest absolute Gasteiger partial charge is 0.494 e. The van der Waals surface area contributed by atoms with Gasteiger partial charge in [-0.3, -0.25) is 0 Å². The molecule has 0 aliphatic rings. The van der Waals surface area contributed by atoms with Crippen LogP contribution in [0.2, 0.25) is 0 Å². The average Bonchev–Trinajstić information content (AvgIpc) is 2.37. The van der Waals surface area contributed by atoms with Gasteiger partial charge in [-0.2, -0.15) is 0 Å². The van der Waals surface area contributed by atoms with Crippen molar-refractivity contribution < 1.29 is 4.74 Å². The van der Waals surface area contributed by atoms with E-state index in [4.69, 9.17) is 4.74 Å². The number of aliphatic imine (C=N–C) groups is 1. The molecule has 0 N–H and O–H groups in total. The summed E-state index contributed by atoms with van der Waals surface area (Å²) in [7, 11) is 1.64. The van der Waals surface area contributed by atoms with E-state index in [0.717, 1.165) is 17.0 Å². The molecule has 0 saturated carbocycles. The number of hydrogen-bond donors (Lipinski definition) is 0. The highest BCUT2D eigenvalue weighted by Gasteiger charge is 2.03. The number of aromatic nitrogens is 2. The molecule has 0 amide bonds. The Balaban J connectivity index is 2.30. The summed E-state index contributed by atoms with van der Waals surface area (Å²) in [5.74, 6) is 1.36. The fourth-order valence-corrected chi connectivity index (χ4v) is 1.51. The van der Waals surface area contributed by atoms with Gasteiger partial charge in [-0.15, -0.1) is 0 Å². The Morgan fingerprint density at radius 2 is 1.94 bits per heavy atom. The molecule has 1 aromatic heterocycles. The van der Waals surface area contributed by atoms with Crippen LogP contribution in [-0.4, -0.2) is 23.3 Å². The van der Waals surface area contributed by atoms with Crippen LogP contribution in [0.1, 0.15) is 11.4 Å². The molecule has 0 fully saturated rings. The maximum Gasteiger partial charge on any atom is 0.170 e. The molecule has 4 nitrogen and oxygen atoms in total. The van der Waals surface area contributed by atoms with E-state index in [2.05, 4.69) is 15.0 Å². The molecule has 4 heteroatoms. The van der Waals surface area contributed by atoms with Gasteiger partial charge in [0.15, 0.2) is 5.82 Å². The summed E-state index contributed by atoms with van der Waals surface area (Å²) >= 11 is 0. The Kier molecular flexibility index (Phi) is 3.45. The van der Waals surface area contributed by atoms with E-state index in [1.54, 1.807) is 31.8 Å². The van der Waals surface area contributed by atoms with Gasteiger partial charge in [0.1, 0.15) is 11.4 Å². The molecular formula is C13H13N3O. The first-order chi connectivity index (χ1) is 8.31. The molecule has 0 aliphatic heterocycles. The number of hydrogen-bond acceptors (Lipinski definition) is 4. The molecule has 17 heavy (non-hydrogen) atoms. The zero-order valence-corrected chi connectivity index (χ0v) is 9.79. The summed E-state index contributed by atoms with van der Waals surface area (Å²) in [5.41, 5.74) is 1.83. The van der Waals surface area contributed by atoms with Gasteiger partial charge in [0.05, 0.1) is 13.3 Å². The van der Waals surface area contributed by atoms with E-state index in [1.165, 1.54) is 0 Å². The number of nitrogens with zero attached hydrogens (tertiary/aromatic N) is 3. The molecule has 2 aromatic rings. The molecular weight excluding hydrogens is 214 g/mol. The summed E-state index contributed by atoms with van der Waals surface area (Å²) < 4.78 is 5.31. The van der Waals surface area contributed by atoms with Crippen molar-refractivity contribution in [1.82, 2.24) is 9.97 Å². The highest BCUT2D eigenvalue weighted by atomic mass is 16.5. The number of rotatable bonds is 3. The van der Waals surface area contributed by atoms with Crippen LogP contribution in [0.4, 0.5) is 5.69 Å². The second kappa shape index (κ2) is 5.21. The third-order valence-electron chi connectivity index (χ3n) is 2.30. The van der Waals surface area contributed by atoms with Gasteiger partial charge >= 0.3 is 0 Å². The molecule has 2 rings (SSSR count). The molecule has 0 saturated heterocycles. The highest BCUT2D eigenvalue weighted by Crippen LogP contribution is 2.30. The van der Waals surface area contributed by atoms with Gasteiger partial charge in [0, 0.05) is 12.4 Å². The quantitative estimate of drug-likeness (QED) is 0.757. The number of ether oxygens (including phenoxy) is 1. The Hall–Kier alpha value is -2.23. The van der Waals surface area contributed by atoms with Gasteiger partial charge in [0.2, 0.25) is 0 Å². The molecule has 0 unspecified atom stereocenters. The lowest BCUT2D eigenvalue weighted by Gasteiger charge is -2.06. The lowest BCUT2D eigenvalue weighted by atomic mass is 10.2. The van der Waals surface area contributed by atoms with E-state index in [1.807, 2.05) is 25.1 Å². The van der Waals surface area contributed by atoms with Crippen molar-refractivity contribution in [3.63, 3.8) is 0 Å². The van der Waals surface area contributed by atoms with Gasteiger partial charge in [-0.1, -0.05) is 12.1 Å². The van der Waals surface area contributed by atoms with Gasteiger partial charge in [-0.05, 0) is 24.6 Å².